The second kappa shape index (κ2) is 5.82. The normalized spacial score (nSPS) is 49.7. The maximum absolute atomic E-state index is 11.1. The quantitative estimate of drug-likeness (QED) is 0.779. The van der Waals surface area contributed by atoms with Crippen molar-refractivity contribution in [3.63, 3.8) is 0 Å². The molecule has 3 rings (SSSR count). The highest BCUT2D eigenvalue weighted by atomic mass is 16.6. The van der Waals surface area contributed by atoms with Crippen molar-refractivity contribution in [2.24, 2.45) is 17.3 Å². The van der Waals surface area contributed by atoms with Gasteiger partial charge in [-0.3, -0.25) is 0 Å². The minimum absolute atomic E-state index is 0.00923. The molecule has 2 aliphatic carbocycles. The highest BCUT2D eigenvalue weighted by Gasteiger charge is 2.60. The van der Waals surface area contributed by atoms with Gasteiger partial charge in [-0.25, -0.2) is 0 Å². The van der Waals surface area contributed by atoms with Gasteiger partial charge in [0, 0.05) is 12.3 Å². The van der Waals surface area contributed by atoms with Crippen molar-refractivity contribution in [1.29, 1.82) is 0 Å². The lowest BCUT2D eigenvalue weighted by molar-refractivity contribution is -0.320. The van der Waals surface area contributed by atoms with Gasteiger partial charge in [-0.1, -0.05) is 33.1 Å². The second-order valence-corrected chi connectivity index (χ2v) is 7.97. The molecule has 1 aliphatic heterocycles. The summed E-state index contributed by atoms with van der Waals surface area (Å²) in [4.78, 5) is 0. The minimum atomic E-state index is -0.913. The van der Waals surface area contributed by atoms with E-state index < -0.39 is 5.79 Å². The van der Waals surface area contributed by atoms with Gasteiger partial charge in [0.25, 0.3) is 0 Å². The Morgan fingerprint density at radius 2 is 1.81 bits per heavy atom. The molecule has 21 heavy (non-hydrogen) atoms. The summed E-state index contributed by atoms with van der Waals surface area (Å²) in [7, 11) is 0. The number of aliphatic hydroxyl groups is 2. The lowest BCUT2D eigenvalue weighted by atomic mass is 9.59. The first-order valence-electron chi connectivity index (χ1n) is 9.08. The van der Waals surface area contributed by atoms with Crippen LogP contribution < -0.4 is 0 Å². The average molecular weight is 296 g/mol. The number of hydrogen-bond donors (Lipinski definition) is 2. The van der Waals surface area contributed by atoms with Gasteiger partial charge in [0.1, 0.15) is 0 Å². The van der Waals surface area contributed by atoms with Crippen LogP contribution >= 0.6 is 0 Å². The second-order valence-electron chi connectivity index (χ2n) is 7.97. The molecule has 0 spiro atoms. The summed E-state index contributed by atoms with van der Waals surface area (Å²) in [6.45, 7) is 4.45. The zero-order valence-corrected chi connectivity index (χ0v) is 13.7. The van der Waals surface area contributed by atoms with Crippen molar-refractivity contribution in [3.8, 4) is 0 Å². The first-order valence-corrected chi connectivity index (χ1v) is 9.08. The summed E-state index contributed by atoms with van der Waals surface area (Å²) < 4.78 is 6.19. The Morgan fingerprint density at radius 1 is 1.05 bits per heavy atom. The van der Waals surface area contributed by atoms with E-state index in [0.29, 0.717) is 12.3 Å². The maximum atomic E-state index is 11.1. The number of rotatable bonds is 4. The first-order chi connectivity index (χ1) is 9.99. The van der Waals surface area contributed by atoms with E-state index in [-0.39, 0.29) is 23.5 Å². The standard InChI is InChI=1S/C18H32O3/c1-3-4-5-6-13-7-8-15-14-9-10-16(19)17(14,2)11-12-18(15,20)21-13/h13-16,19-20H,3-12H2,1-2H3. The van der Waals surface area contributed by atoms with E-state index in [9.17, 15) is 10.2 Å². The fourth-order valence-corrected chi connectivity index (χ4v) is 5.32. The molecule has 2 saturated carbocycles. The van der Waals surface area contributed by atoms with Crippen LogP contribution in [0.2, 0.25) is 0 Å². The van der Waals surface area contributed by atoms with E-state index in [2.05, 4.69) is 13.8 Å². The summed E-state index contributed by atoms with van der Waals surface area (Å²) >= 11 is 0. The van der Waals surface area contributed by atoms with E-state index in [1.165, 1.54) is 19.3 Å². The number of hydrogen-bond acceptors (Lipinski definition) is 3. The SMILES string of the molecule is CCCCCC1CCC2C3CCC(O)C3(C)CCC2(O)O1. The molecule has 3 heteroatoms. The van der Waals surface area contributed by atoms with E-state index >= 15 is 0 Å². The number of unbranched alkanes of at least 4 members (excludes halogenated alkanes) is 2. The zero-order chi connectivity index (χ0) is 15.1. The summed E-state index contributed by atoms with van der Waals surface area (Å²) in [5.41, 5.74) is 0.00923. The third-order valence-corrected chi connectivity index (χ3v) is 6.75. The van der Waals surface area contributed by atoms with E-state index in [1.807, 2.05) is 0 Å². The summed E-state index contributed by atoms with van der Waals surface area (Å²) in [5, 5.41) is 21.4. The maximum Gasteiger partial charge on any atom is 0.168 e. The molecule has 0 aromatic heterocycles. The molecular formula is C18H32O3. The first kappa shape index (κ1) is 15.8. The Hall–Kier alpha value is -0.120. The van der Waals surface area contributed by atoms with E-state index in [1.54, 1.807) is 0 Å². The van der Waals surface area contributed by atoms with Crippen molar-refractivity contribution in [2.75, 3.05) is 0 Å². The van der Waals surface area contributed by atoms with Crippen molar-refractivity contribution < 1.29 is 14.9 Å². The summed E-state index contributed by atoms with van der Waals surface area (Å²) in [6.07, 6.45) is 10.5. The smallest absolute Gasteiger partial charge is 0.168 e. The van der Waals surface area contributed by atoms with Gasteiger partial charge < -0.3 is 14.9 Å². The molecule has 3 nitrogen and oxygen atoms in total. The average Bonchev–Trinajstić information content (AvgIpc) is 2.75. The molecule has 122 valence electrons. The van der Waals surface area contributed by atoms with Crippen LogP contribution in [0.3, 0.4) is 0 Å². The van der Waals surface area contributed by atoms with Crippen LogP contribution in [0, 0.1) is 17.3 Å². The van der Waals surface area contributed by atoms with Crippen molar-refractivity contribution in [1.82, 2.24) is 0 Å². The molecule has 0 aromatic carbocycles. The molecule has 1 saturated heterocycles. The van der Waals surface area contributed by atoms with Crippen LogP contribution in [-0.4, -0.2) is 28.2 Å². The largest absolute Gasteiger partial charge is 0.393 e. The lowest BCUT2D eigenvalue weighted by Crippen LogP contribution is -2.57. The molecule has 0 bridgehead atoms. The van der Waals surface area contributed by atoms with Gasteiger partial charge in [-0.15, -0.1) is 0 Å². The number of fused-ring (bicyclic) bond motifs is 3. The van der Waals surface area contributed by atoms with Crippen LogP contribution in [0.1, 0.15) is 78.1 Å². The van der Waals surface area contributed by atoms with Gasteiger partial charge in [0.15, 0.2) is 5.79 Å². The highest BCUT2D eigenvalue weighted by molar-refractivity contribution is 5.06. The van der Waals surface area contributed by atoms with Crippen molar-refractivity contribution >= 4 is 0 Å². The molecule has 0 radical (unpaired) electrons. The molecule has 2 N–H and O–H groups in total. The zero-order valence-electron chi connectivity index (χ0n) is 13.7. The molecule has 3 aliphatic rings. The molecular weight excluding hydrogens is 264 g/mol. The predicted octanol–water partition coefficient (Wildman–Crippen LogP) is 3.62. The fourth-order valence-electron chi connectivity index (χ4n) is 5.32. The summed E-state index contributed by atoms with van der Waals surface area (Å²) in [6, 6.07) is 0. The third-order valence-electron chi connectivity index (χ3n) is 6.75. The van der Waals surface area contributed by atoms with Crippen LogP contribution in [-0.2, 0) is 4.74 Å². The monoisotopic (exact) mass is 296 g/mol. The molecule has 0 amide bonds. The minimum Gasteiger partial charge on any atom is -0.393 e. The number of ether oxygens (including phenoxy) is 1. The van der Waals surface area contributed by atoms with Gasteiger partial charge in [0.05, 0.1) is 12.2 Å². The van der Waals surface area contributed by atoms with Crippen molar-refractivity contribution in [2.45, 2.75) is 96.1 Å². The summed E-state index contributed by atoms with van der Waals surface area (Å²) in [5.74, 6) is -0.248. The molecule has 0 aromatic rings. The van der Waals surface area contributed by atoms with Gasteiger partial charge >= 0.3 is 0 Å². The fraction of sp³-hybridized carbons (Fsp3) is 1.00. The van der Waals surface area contributed by atoms with E-state index in [0.717, 1.165) is 38.5 Å². The molecule has 1 heterocycles. The van der Waals surface area contributed by atoms with Gasteiger partial charge in [-0.2, -0.15) is 0 Å². The van der Waals surface area contributed by atoms with Crippen molar-refractivity contribution in [3.05, 3.63) is 0 Å². The van der Waals surface area contributed by atoms with Crippen LogP contribution in [0.15, 0.2) is 0 Å². The Morgan fingerprint density at radius 3 is 2.57 bits per heavy atom. The Kier molecular flexibility index (Phi) is 4.37. The Labute approximate surface area is 129 Å². The highest BCUT2D eigenvalue weighted by Crippen LogP contribution is 2.60. The number of aliphatic hydroxyl groups excluding tert-OH is 1. The lowest BCUT2D eigenvalue weighted by Gasteiger charge is -2.54. The van der Waals surface area contributed by atoms with Crippen LogP contribution in [0.5, 0.6) is 0 Å². The Bertz CT molecular complexity index is 371. The molecule has 6 unspecified atom stereocenters. The molecule has 3 fully saturated rings. The Balaban J connectivity index is 1.67. The van der Waals surface area contributed by atoms with Crippen LogP contribution in [0.4, 0.5) is 0 Å². The third kappa shape index (κ3) is 2.66. The van der Waals surface area contributed by atoms with E-state index in [4.69, 9.17) is 4.74 Å². The molecule has 6 atom stereocenters. The van der Waals surface area contributed by atoms with Gasteiger partial charge in [-0.05, 0) is 49.9 Å². The van der Waals surface area contributed by atoms with Crippen LogP contribution in [0.25, 0.3) is 0 Å². The predicted molar refractivity (Wildman–Crippen MR) is 82.8 cm³/mol. The topological polar surface area (TPSA) is 49.7 Å². The van der Waals surface area contributed by atoms with Gasteiger partial charge in [0.2, 0.25) is 0 Å².